The van der Waals surface area contributed by atoms with Gasteiger partial charge in [-0.25, -0.2) is 23.7 Å². The monoisotopic (exact) mass is 379 g/mol. The number of nitrogen functional groups attached to an aromatic ring is 1. The number of benzene rings is 2. The molecule has 132 valence electrons. The summed E-state index contributed by atoms with van der Waals surface area (Å²) in [6, 6.07) is 9.21. The second-order valence-electron chi connectivity index (χ2n) is 5.98. The summed E-state index contributed by atoms with van der Waals surface area (Å²) in [6.45, 7) is 0. The maximum Gasteiger partial charge on any atom is 0.180 e. The minimum atomic E-state index is -0.418. The minimum Gasteiger partial charge on any atom is -0.381 e. The van der Waals surface area contributed by atoms with E-state index in [1.165, 1.54) is 29.5 Å². The normalized spacial score (nSPS) is 11.5. The molecule has 27 heavy (non-hydrogen) atoms. The lowest BCUT2D eigenvalue weighted by atomic mass is 10.0. The average molecular weight is 379 g/mol. The molecule has 0 unspecified atom stereocenters. The van der Waals surface area contributed by atoms with E-state index in [4.69, 9.17) is 5.73 Å². The van der Waals surface area contributed by atoms with Crippen LogP contribution in [0, 0.1) is 11.6 Å². The number of anilines is 1. The summed E-state index contributed by atoms with van der Waals surface area (Å²) in [5.41, 5.74) is 10.9. The first-order chi connectivity index (χ1) is 13.1. The number of imidazole rings is 1. The standard InChI is InChI=1S/C19H11F2N5S/c20-12-3-1-10(2-4-12)15-17(26-6-5-23-19(26)18(22)25-15)11-7-13(21)16-14(8-11)27-9-24-16/h1-9H,(H2,22,25). The molecule has 5 aromatic rings. The van der Waals surface area contributed by atoms with E-state index >= 15 is 0 Å². The highest BCUT2D eigenvalue weighted by Gasteiger charge is 2.19. The maximum atomic E-state index is 14.6. The van der Waals surface area contributed by atoms with E-state index in [2.05, 4.69) is 15.0 Å². The molecule has 0 aliphatic rings. The number of hydrogen-bond donors (Lipinski definition) is 1. The first-order valence-electron chi connectivity index (χ1n) is 8.03. The van der Waals surface area contributed by atoms with Gasteiger partial charge in [0.25, 0.3) is 0 Å². The van der Waals surface area contributed by atoms with Crippen LogP contribution in [0.2, 0.25) is 0 Å². The fraction of sp³-hybridized carbons (Fsp3) is 0. The zero-order chi connectivity index (χ0) is 18.5. The van der Waals surface area contributed by atoms with Gasteiger partial charge in [-0.05, 0) is 36.4 Å². The van der Waals surface area contributed by atoms with Crippen LogP contribution in [-0.4, -0.2) is 19.4 Å². The van der Waals surface area contributed by atoms with Crippen molar-refractivity contribution in [3.63, 3.8) is 0 Å². The summed E-state index contributed by atoms with van der Waals surface area (Å²) in [5, 5.41) is 0. The van der Waals surface area contributed by atoms with Crippen molar-refractivity contribution in [1.82, 2.24) is 19.4 Å². The lowest BCUT2D eigenvalue weighted by Crippen LogP contribution is -2.04. The van der Waals surface area contributed by atoms with Crippen molar-refractivity contribution in [3.05, 3.63) is 65.9 Å². The molecule has 5 rings (SSSR count). The quantitative estimate of drug-likeness (QED) is 0.489. The molecule has 0 aliphatic carbocycles. The maximum absolute atomic E-state index is 14.6. The second kappa shape index (κ2) is 5.82. The number of halogens is 2. The number of thiazole rings is 1. The Morgan fingerprint density at radius 2 is 1.81 bits per heavy atom. The van der Waals surface area contributed by atoms with Gasteiger partial charge < -0.3 is 5.73 Å². The molecule has 2 N–H and O–H groups in total. The van der Waals surface area contributed by atoms with E-state index in [0.29, 0.717) is 33.7 Å². The third-order valence-corrected chi connectivity index (χ3v) is 5.12. The Morgan fingerprint density at radius 3 is 2.63 bits per heavy atom. The Balaban J connectivity index is 1.88. The van der Waals surface area contributed by atoms with E-state index in [1.54, 1.807) is 34.4 Å². The van der Waals surface area contributed by atoms with Gasteiger partial charge in [0.1, 0.15) is 11.3 Å². The third-order valence-electron chi connectivity index (χ3n) is 4.35. The number of fused-ring (bicyclic) bond motifs is 2. The third kappa shape index (κ3) is 2.45. The van der Waals surface area contributed by atoms with Crippen molar-refractivity contribution >= 4 is 33.0 Å². The number of hydrogen-bond acceptors (Lipinski definition) is 5. The van der Waals surface area contributed by atoms with E-state index < -0.39 is 5.82 Å². The molecule has 0 atom stereocenters. The smallest absolute Gasteiger partial charge is 0.180 e. The van der Waals surface area contributed by atoms with Crippen LogP contribution >= 0.6 is 11.3 Å². The Bertz CT molecular complexity index is 1310. The predicted octanol–water partition coefficient (Wildman–Crippen LogP) is 4.53. The molecule has 0 saturated carbocycles. The molecule has 3 aromatic heterocycles. The van der Waals surface area contributed by atoms with Gasteiger partial charge in [0.2, 0.25) is 0 Å². The summed E-state index contributed by atoms with van der Waals surface area (Å²) in [4.78, 5) is 12.8. The van der Waals surface area contributed by atoms with Gasteiger partial charge in [-0.15, -0.1) is 11.3 Å². The van der Waals surface area contributed by atoms with Gasteiger partial charge in [-0.3, -0.25) is 4.40 Å². The molecule has 3 heterocycles. The van der Waals surface area contributed by atoms with Crippen LogP contribution in [0.25, 0.3) is 38.4 Å². The van der Waals surface area contributed by atoms with Gasteiger partial charge in [-0.2, -0.15) is 0 Å². The molecule has 0 spiro atoms. The predicted molar refractivity (Wildman–Crippen MR) is 101 cm³/mol. The largest absolute Gasteiger partial charge is 0.381 e. The second-order valence-corrected chi connectivity index (χ2v) is 6.87. The van der Waals surface area contributed by atoms with Crippen molar-refractivity contribution in [3.8, 4) is 22.5 Å². The lowest BCUT2D eigenvalue weighted by molar-refractivity contribution is 0.628. The van der Waals surface area contributed by atoms with Gasteiger partial charge in [0.05, 0.1) is 21.6 Å². The summed E-state index contributed by atoms with van der Waals surface area (Å²) in [7, 11) is 0. The van der Waals surface area contributed by atoms with Crippen LogP contribution < -0.4 is 5.73 Å². The first-order valence-corrected chi connectivity index (χ1v) is 8.91. The Hall–Kier alpha value is -3.39. The lowest BCUT2D eigenvalue weighted by Gasteiger charge is -2.14. The summed E-state index contributed by atoms with van der Waals surface area (Å²) in [5.74, 6) is -0.532. The van der Waals surface area contributed by atoms with Crippen molar-refractivity contribution < 1.29 is 8.78 Å². The number of nitrogens with two attached hydrogens (primary N) is 1. The van der Waals surface area contributed by atoms with Crippen molar-refractivity contribution in [2.24, 2.45) is 0 Å². The number of aromatic nitrogens is 4. The zero-order valence-corrected chi connectivity index (χ0v) is 14.5. The highest BCUT2D eigenvalue weighted by atomic mass is 32.1. The highest BCUT2D eigenvalue weighted by molar-refractivity contribution is 7.16. The molecular formula is C19H11F2N5S. The average Bonchev–Trinajstić information content (AvgIpc) is 3.32. The van der Waals surface area contributed by atoms with Crippen LogP contribution in [0.5, 0.6) is 0 Å². The molecule has 5 nitrogen and oxygen atoms in total. The van der Waals surface area contributed by atoms with Crippen molar-refractivity contribution in [2.75, 3.05) is 5.73 Å². The molecule has 0 saturated heterocycles. The molecule has 0 amide bonds. The van der Waals surface area contributed by atoms with Gasteiger partial charge in [0.15, 0.2) is 17.3 Å². The van der Waals surface area contributed by atoms with Crippen LogP contribution in [0.3, 0.4) is 0 Å². The number of rotatable bonds is 2. The topological polar surface area (TPSA) is 69.1 Å². The molecular weight excluding hydrogens is 368 g/mol. The van der Waals surface area contributed by atoms with Gasteiger partial charge >= 0.3 is 0 Å². The van der Waals surface area contributed by atoms with Crippen molar-refractivity contribution in [2.45, 2.75) is 0 Å². The van der Waals surface area contributed by atoms with E-state index in [0.717, 1.165) is 4.70 Å². The van der Waals surface area contributed by atoms with Gasteiger partial charge in [-0.1, -0.05) is 0 Å². The van der Waals surface area contributed by atoms with E-state index in [-0.39, 0.29) is 11.6 Å². The highest BCUT2D eigenvalue weighted by Crippen LogP contribution is 2.36. The SMILES string of the molecule is Nc1nc(-c2ccc(F)cc2)c(-c2cc(F)c3ncsc3c2)n2ccnc12. The fourth-order valence-corrected chi connectivity index (χ4v) is 3.89. The van der Waals surface area contributed by atoms with Crippen LogP contribution in [-0.2, 0) is 0 Å². The number of nitrogens with zero attached hydrogens (tertiary/aromatic N) is 4. The summed E-state index contributed by atoms with van der Waals surface area (Å²) < 4.78 is 30.5. The zero-order valence-electron chi connectivity index (χ0n) is 13.7. The van der Waals surface area contributed by atoms with Crippen molar-refractivity contribution in [1.29, 1.82) is 0 Å². The fourth-order valence-electron chi connectivity index (χ4n) is 3.16. The summed E-state index contributed by atoms with van der Waals surface area (Å²) in [6.07, 6.45) is 3.34. The Labute approximate surface area is 155 Å². The first kappa shape index (κ1) is 15.8. The van der Waals surface area contributed by atoms with Crippen LogP contribution in [0.1, 0.15) is 0 Å². The molecule has 0 radical (unpaired) electrons. The summed E-state index contributed by atoms with van der Waals surface area (Å²) >= 11 is 1.35. The van der Waals surface area contributed by atoms with Gasteiger partial charge in [0, 0.05) is 23.5 Å². The molecule has 8 heteroatoms. The van der Waals surface area contributed by atoms with E-state index in [1.807, 2.05) is 6.07 Å². The van der Waals surface area contributed by atoms with Crippen LogP contribution in [0.4, 0.5) is 14.6 Å². The Morgan fingerprint density at radius 1 is 1.00 bits per heavy atom. The minimum absolute atomic E-state index is 0.238. The van der Waals surface area contributed by atoms with E-state index in [9.17, 15) is 8.78 Å². The molecule has 0 bridgehead atoms. The molecule has 0 fully saturated rings. The Kier molecular flexibility index (Phi) is 3.41. The molecule has 0 aliphatic heterocycles. The van der Waals surface area contributed by atoms with Crippen LogP contribution in [0.15, 0.2) is 54.3 Å². The molecule has 2 aromatic carbocycles.